The molecule has 0 bridgehead atoms. The number of rotatable bonds is 5. The first kappa shape index (κ1) is 15.7. The quantitative estimate of drug-likeness (QED) is 0.772. The van der Waals surface area contributed by atoms with Crippen molar-refractivity contribution in [2.45, 2.75) is 26.3 Å². The van der Waals surface area contributed by atoms with E-state index in [2.05, 4.69) is 41.8 Å². The van der Waals surface area contributed by atoms with Crippen LogP contribution in [0.4, 0.5) is 0 Å². The second-order valence-corrected chi connectivity index (χ2v) is 6.31. The van der Waals surface area contributed by atoms with E-state index in [4.69, 9.17) is 17.3 Å². The molecule has 0 saturated carbocycles. The van der Waals surface area contributed by atoms with Gasteiger partial charge < -0.3 is 11.1 Å². The zero-order chi connectivity index (χ0) is 13.7. The summed E-state index contributed by atoms with van der Waals surface area (Å²) in [5.74, 6) is 0.332. The number of hydrogen-bond donors (Lipinski definition) is 2. The third-order valence-electron chi connectivity index (χ3n) is 2.55. The molecular weight excluding hydrogens is 363 g/mol. The van der Waals surface area contributed by atoms with Crippen LogP contribution in [0.3, 0.4) is 0 Å². The lowest BCUT2D eigenvalue weighted by molar-refractivity contribution is 0.0934. The van der Waals surface area contributed by atoms with Gasteiger partial charge in [-0.05, 0) is 53.1 Å². The van der Waals surface area contributed by atoms with Crippen molar-refractivity contribution in [3.05, 3.63) is 32.4 Å². The van der Waals surface area contributed by atoms with E-state index >= 15 is 0 Å². The average molecular weight is 381 g/mol. The Hall–Kier alpha value is -0.330. The molecule has 0 radical (unpaired) electrons. The zero-order valence-electron chi connectivity index (χ0n) is 10.5. The first-order valence-electron chi connectivity index (χ1n) is 5.90. The molecule has 100 valence electrons. The monoisotopic (exact) mass is 380 g/mol. The lowest BCUT2D eigenvalue weighted by atomic mass is 10.0. The van der Waals surface area contributed by atoms with E-state index in [0.29, 0.717) is 23.0 Å². The number of nitrogens with one attached hydrogen (secondary N) is 1. The molecule has 0 aliphatic heterocycles. The molecule has 1 atom stereocenters. The predicted octanol–water partition coefficient (Wildman–Crippen LogP) is 3.05. The molecule has 1 unspecified atom stereocenters. The number of benzene rings is 1. The Morgan fingerprint density at radius 1 is 1.50 bits per heavy atom. The molecule has 18 heavy (non-hydrogen) atoms. The minimum atomic E-state index is -0.160. The van der Waals surface area contributed by atoms with Crippen LogP contribution in [-0.4, -0.2) is 18.5 Å². The third kappa shape index (κ3) is 4.74. The summed E-state index contributed by atoms with van der Waals surface area (Å²) < 4.78 is 1.01. The topological polar surface area (TPSA) is 55.1 Å². The molecule has 0 fully saturated rings. The van der Waals surface area contributed by atoms with E-state index in [0.717, 1.165) is 9.99 Å². The minimum absolute atomic E-state index is 0.00663. The lowest BCUT2D eigenvalue weighted by Crippen LogP contribution is -2.41. The third-order valence-corrected chi connectivity index (χ3v) is 3.54. The van der Waals surface area contributed by atoms with Gasteiger partial charge in [-0.15, -0.1) is 0 Å². The first-order valence-corrected chi connectivity index (χ1v) is 7.35. The van der Waals surface area contributed by atoms with Crippen molar-refractivity contribution in [3.63, 3.8) is 0 Å². The van der Waals surface area contributed by atoms with E-state index in [-0.39, 0.29) is 11.9 Å². The Morgan fingerprint density at radius 3 is 2.67 bits per heavy atom. The van der Waals surface area contributed by atoms with Crippen LogP contribution in [0.15, 0.2) is 18.2 Å². The molecule has 0 aromatic heterocycles. The van der Waals surface area contributed by atoms with Crippen molar-refractivity contribution >= 4 is 40.1 Å². The van der Waals surface area contributed by atoms with Gasteiger partial charge >= 0.3 is 0 Å². The molecule has 1 rings (SSSR count). The number of carbonyl (C=O) groups excluding carboxylic acids is 1. The SMILES string of the molecule is CC(C)CC(CN)NC(=O)c1ccc(I)cc1Cl. The molecule has 0 saturated heterocycles. The summed E-state index contributed by atoms with van der Waals surface area (Å²) >= 11 is 8.22. The van der Waals surface area contributed by atoms with E-state index in [1.54, 1.807) is 12.1 Å². The number of nitrogens with two attached hydrogens (primary N) is 1. The van der Waals surface area contributed by atoms with Crippen LogP contribution in [0.2, 0.25) is 5.02 Å². The number of carbonyl (C=O) groups is 1. The highest BCUT2D eigenvalue weighted by Crippen LogP contribution is 2.19. The van der Waals surface area contributed by atoms with Crippen LogP contribution in [0.5, 0.6) is 0 Å². The molecule has 1 aromatic carbocycles. The maximum atomic E-state index is 12.1. The molecule has 3 nitrogen and oxygen atoms in total. The first-order chi connectivity index (χ1) is 8.43. The summed E-state index contributed by atoms with van der Waals surface area (Å²) in [6, 6.07) is 5.37. The number of amides is 1. The molecule has 5 heteroatoms. The maximum Gasteiger partial charge on any atom is 0.253 e. The van der Waals surface area contributed by atoms with Gasteiger partial charge in [-0.25, -0.2) is 0 Å². The Bertz CT molecular complexity index is 423. The van der Waals surface area contributed by atoms with Gasteiger partial charge in [0.15, 0.2) is 0 Å². The Kier molecular flexibility index (Phi) is 6.38. The van der Waals surface area contributed by atoms with E-state index < -0.39 is 0 Å². The Morgan fingerprint density at radius 2 is 2.17 bits per heavy atom. The Balaban J connectivity index is 2.74. The highest BCUT2D eigenvalue weighted by molar-refractivity contribution is 14.1. The summed E-state index contributed by atoms with van der Waals surface area (Å²) in [7, 11) is 0. The van der Waals surface area contributed by atoms with Crippen LogP contribution in [0.1, 0.15) is 30.6 Å². The molecule has 1 aromatic rings. The van der Waals surface area contributed by atoms with Gasteiger partial charge in [0.05, 0.1) is 10.6 Å². The van der Waals surface area contributed by atoms with Gasteiger partial charge in [0.2, 0.25) is 0 Å². The fraction of sp³-hybridized carbons (Fsp3) is 0.462. The summed E-state index contributed by atoms with van der Waals surface area (Å²) in [4.78, 5) is 12.1. The molecule has 1 amide bonds. The molecular formula is C13H18ClIN2O. The molecule has 3 N–H and O–H groups in total. The second kappa shape index (κ2) is 7.31. The highest BCUT2D eigenvalue weighted by atomic mass is 127. The fourth-order valence-corrected chi connectivity index (χ4v) is 2.66. The predicted molar refractivity (Wildman–Crippen MR) is 83.9 cm³/mol. The van der Waals surface area contributed by atoms with E-state index in [9.17, 15) is 4.79 Å². The zero-order valence-corrected chi connectivity index (χ0v) is 13.5. The standard InChI is InChI=1S/C13H18ClIN2O/c1-8(2)5-10(7-16)17-13(18)11-4-3-9(15)6-12(11)14/h3-4,6,8,10H,5,7,16H2,1-2H3,(H,17,18). The molecule has 0 heterocycles. The van der Waals surface area contributed by atoms with Gasteiger partial charge in [0.1, 0.15) is 0 Å². The van der Waals surface area contributed by atoms with Crippen molar-refractivity contribution in [1.82, 2.24) is 5.32 Å². The average Bonchev–Trinajstić information content (AvgIpc) is 2.27. The van der Waals surface area contributed by atoms with Crippen LogP contribution in [0.25, 0.3) is 0 Å². The van der Waals surface area contributed by atoms with Crippen LogP contribution < -0.4 is 11.1 Å². The number of halogens is 2. The fourth-order valence-electron chi connectivity index (χ4n) is 1.72. The van der Waals surface area contributed by atoms with E-state index in [1.807, 2.05) is 6.07 Å². The van der Waals surface area contributed by atoms with E-state index in [1.165, 1.54) is 0 Å². The van der Waals surface area contributed by atoms with Crippen molar-refractivity contribution < 1.29 is 4.79 Å². The summed E-state index contributed by atoms with van der Waals surface area (Å²) in [6.07, 6.45) is 0.865. The highest BCUT2D eigenvalue weighted by Gasteiger charge is 2.16. The van der Waals surface area contributed by atoms with Crippen molar-refractivity contribution in [2.75, 3.05) is 6.54 Å². The molecule has 0 spiro atoms. The largest absolute Gasteiger partial charge is 0.348 e. The molecule has 0 aliphatic rings. The lowest BCUT2D eigenvalue weighted by Gasteiger charge is -2.19. The van der Waals surface area contributed by atoms with Crippen LogP contribution >= 0.6 is 34.2 Å². The summed E-state index contributed by atoms with van der Waals surface area (Å²) in [5, 5.41) is 3.40. The Labute approximate surface area is 127 Å². The van der Waals surface area contributed by atoms with Crippen LogP contribution in [0, 0.1) is 9.49 Å². The number of hydrogen-bond acceptors (Lipinski definition) is 2. The molecule has 0 aliphatic carbocycles. The van der Waals surface area contributed by atoms with Gasteiger partial charge in [-0.1, -0.05) is 25.4 Å². The minimum Gasteiger partial charge on any atom is -0.348 e. The van der Waals surface area contributed by atoms with Crippen molar-refractivity contribution in [1.29, 1.82) is 0 Å². The van der Waals surface area contributed by atoms with Crippen molar-refractivity contribution in [2.24, 2.45) is 11.7 Å². The second-order valence-electron chi connectivity index (χ2n) is 4.66. The maximum absolute atomic E-state index is 12.1. The van der Waals surface area contributed by atoms with Crippen LogP contribution in [-0.2, 0) is 0 Å². The normalized spacial score (nSPS) is 12.6. The van der Waals surface area contributed by atoms with Gasteiger partial charge in [-0.2, -0.15) is 0 Å². The van der Waals surface area contributed by atoms with Crippen molar-refractivity contribution in [3.8, 4) is 0 Å². The smallest absolute Gasteiger partial charge is 0.253 e. The van der Waals surface area contributed by atoms with Gasteiger partial charge in [0, 0.05) is 16.2 Å². The summed E-state index contributed by atoms with van der Waals surface area (Å²) in [6.45, 7) is 4.64. The van der Waals surface area contributed by atoms with Gasteiger partial charge in [-0.3, -0.25) is 4.79 Å². The summed E-state index contributed by atoms with van der Waals surface area (Å²) in [5.41, 5.74) is 6.16. The van der Waals surface area contributed by atoms with Gasteiger partial charge in [0.25, 0.3) is 5.91 Å².